The van der Waals surface area contributed by atoms with E-state index in [1.54, 1.807) is 18.2 Å². The van der Waals surface area contributed by atoms with Crippen molar-refractivity contribution in [3.05, 3.63) is 59.6 Å². The van der Waals surface area contributed by atoms with Gasteiger partial charge in [0.15, 0.2) is 11.5 Å². The molecule has 144 valence electrons. The number of hydrogen-bond acceptors (Lipinski definition) is 6. The van der Waals surface area contributed by atoms with Gasteiger partial charge in [-0.05, 0) is 23.8 Å². The van der Waals surface area contributed by atoms with Gasteiger partial charge in [-0.3, -0.25) is 4.79 Å². The van der Waals surface area contributed by atoms with Crippen molar-refractivity contribution in [2.24, 2.45) is 10.7 Å². The quantitative estimate of drug-likeness (QED) is 0.629. The molecule has 1 aromatic carbocycles. The standard InChI is InChI=1S/C18H20F2N4O3/c1-10-6-13(16(19)20)24-17(23-10)12(8-21)18(25)22-9-11-4-5-14(26-2)15(7-11)27-3/h4-8,16H,1,9,21H2,2-3H3,(H,22,25)(H,23,24). The van der Waals surface area contributed by atoms with Gasteiger partial charge in [0.05, 0.1) is 19.8 Å². The number of rotatable bonds is 7. The molecule has 1 amide bonds. The molecule has 0 saturated heterocycles. The number of nitrogens with one attached hydrogen (secondary N) is 2. The molecule has 1 aliphatic rings. The Hall–Kier alpha value is -3.36. The van der Waals surface area contributed by atoms with Crippen LogP contribution in [-0.2, 0) is 11.3 Å². The van der Waals surface area contributed by atoms with Crippen LogP contribution in [0.1, 0.15) is 5.56 Å². The van der Waals surface area contributed by atoms with Crippen molar-refractivity contribution in [1.29, 1.82) is 0 Å². The Morgan fingerprint density at radius 3 is 2.67 bits per heavy atom. The number of aliphatic imine (C=N–C) groups is 1. The molecule has 27 heavy (non-hydrogen) atoms. The average Bonchev–Trinajstić information content (AvgIpc) is 2.66. The Balaban J connectivity index is 2.12. The minimum Gasteiger partial charge on any atom is -0.493 e. The van der Waals surface area contributed by atoms with E-state index in [0.29, 0.717) is 11.5 Å². The zero-order chi connectivity index (χ0) is 20.0. The summed E-state index contributed by atoms with van der Waals surface area (Å²) < 4.78 is 36.2. The number of nitrogens with zero attached hydrogens (tertiary/aromatic N) is 1. The van der Waals surface area contributed by atoms with Crippen LogP contribution in [0.3, 0.4) is 0 Å². The molecule has 4 N–H and O–H groups in total. The molecular weight excluding hydrogens is 358 g/mol. The molecule has 0 unspecified atom stereocenters. The second-order valence-electron chi connectivity index (χ2n) is 5.43. The zero-order valence-electron chi connectivity index (χ0n) is 14.9. The number of hydrogen-bond donors (Lipinski definition) is 3. The molecule has 7 nitrogen and oxygen atoms in total. The first-order valence-electron chi connectivity index (χ1n) is 7.85. The predicted octanol–water partition coefficient (Wildman–Crippen LogP) is 1.83. The van der Waals surface area contributed by atoms with Crippen molar-refractivity contribution in [1.82, 2.24) is 10.6 Å². The molecule has 1 aromatic rings. The first-order chi connectivity index (χ1) is 12.9. The lowest BCUT2D eigenvalue weighted by atomic mass is 10.1. The molecule has 0 saturated carbocycles. The van der Waals surface area contributed by atoms with Crippen LogP contribution in [0.2, 0.25) is 0 Å². The molecule has 0 aromatic heterocycles. The maximum atomic E-state index is 12.9. The molecular formula is C18H20F2N4O3. The van der Waals surface area contributed by atoms with Gasteiger partial charge < -0.3 is 25.8 Å². The Morgan fingerprint density at radius 1 is 1.37 bits per heavy atom. The number of ether oxygens (including phenoxy) is 2. The van der Waals surface area contributed by atoms with Crippen molar-refractivity contribution in [3.63, 3.8) is 0 Å². The minimum absolute atomic E-state index is 0.0807. The summed E-state index contributed by atoms with van der Waals surface area (Å²) >= 11 is 0. The molecule has 0 radical (unpaired) electrons. The smallest absolute Gasteiger partial charge is 0.280 e. The molecule has 0 bridgehead atoms. The number of amides is 1. The molecule has 0 fully saturated rings. The molecule has 1 aliphatic heterocycles. The van der Waals surface area contributed by atoms with E-state index in [-0.39, 0.29) is 23.7 Å². The number of carbonyl (C=O) groups excluding carboxylic acids is 1. The van der Waals surface area contributed by atoms with Gasteiger partial charge in [-0.15, -0.1) is 0 Å². The van der Waals surface area contributed by atoms with Crippen LogP contribution in [0.25, 0.3) is 0 Å². The molecule has 0 spiro atoms. The van der Waals surface area contributed by atoms with E-state index in [2.05, 4.69) is 22.2 Å². The van der Waals surface area contributed by atoms with E-state index < -0.39 is 18.0 Å². The fraction of sp³-hybridized carbons (Fsp3) is 0.222. The SMILES string of the molecule is C=C1C=C(C(F)F)N=C(C(=CN)C(=O)NCc2ccc(OC)c(OC)c2)N1. The average molecular weight is 378 g/mol. The Labute approximate surface area is 155 Å². The third-order valence-electron chi connectivity index (χ3n) is 3.63. The third kappa shape index (κ3) is 4.84. The second-order valence-corrected chi connectivity index (χ2v) is 5.43. The lowest BCUT2D eigenvalue weighted by molar-refractivity contribution is -0.117. The minimum atomic E-state index is -2.80. The van der Waals surface area contributed by atoms with Crippen LogP contribution in [-0.4, -0.2) is 32.4 Å². The lowest BCUT2D eigenvalue weighted by Gasteiger charge is -2.18. The highest BCUT2D eigenvalue weighted by Crippen LogP contribution is 2.27. The molecule has 0 aliphatic carbocycles. The summed E-state index contributed by atoms with van der Waals surface area (Å²) in [6.07, 6.45) is -0.700. The highest BCUT2D eigenvalue weighted by atomic mass is 19.3. The fourth-order valence-electron chi connectivity index (χ4n) is 2.33. The van der Waals surface area contributed by atoms with E-state index in [1.165, 1.54) is 14.2 Å². The van der Waals surface area contributed by atoms with Gasteiger partial charge in [-0.1, -0.05) is 12.6 Å². The van der Waals surface area contributed by atoms with Gasteiger partial charge >= 0.3 is 0 Å². The molecule has 2 rings (SSSR count). The zero-order valence-corrected chi connectivity index (χ0v) is 14.9. The Kier molecular flexibility index (Phi) is 6.53. The number of alkyl halides is 2. The van der Waals surface area contributed by atoms with Crippen LogP contribution in [0.15, 0.2) is 59.0 Å². The molecule has 0 atom stereocenters. The van der Waals surface area contributed by atoms with Crippen molar-refractivity contribution < 1.29 is 23.0 Å². The maximum absolute atomic E-state index is 12.9. The Morgan fingerprint density at radius 2 is 2.07 bits per heavy atom. The van der Waals surface area contributed by atoms with Crippen LogP contribution >= 0.6 is 0 Å². The van der Waals surface area contributed by atoms with Crippen molar-refractivity contribution in [3.8, 4) is 11.5 Å². The predicted molar refractivity (Wildman–Crippen MR) is 97.5 cm³/mol. The van der Waals surface area contributed by atoms with Crippen LogP contribution < -0.4 is 25.8 Å². The topological polar surface area (TPSA) is 98.0 Å². The number of amidine groups is 1. The van der Waals surface area contributed by atoms with E-state index in [1.807, 2.05) is 0 Å². The van der Waals surface area contributed by atoms with Gasteiger partial charge in [-0.2, -0.15) is 0 Å². The van der Waals surface area contributed by atoms with Crippen molar-refractivity contribution in [2.45, 2.75) is 13.0 Å². The summed E-state index contributed by atoms with van der Waals surface area (Å²) in [5.41, 5.74) is 5.85. The van der Waals surface area contributed by atoms with Gasteiger partial charge in [0, 0.05) is 18.4 Å². The first kappa shape index (κ1) is 20.0. The Bertz CT molecular complexity index is 832. The van der Waals surface area contributed by atoms with Crippen molar-refractivity contribution in [2.75, 3.05) is 14.2 Å². The number of carbonyl (C=O) groups is 1. The van der Waals surface area contributed by atoms with E-state index in [9.17, 15) is 13.6 Å². The second kappa shape index (κ2) is 8.84. The fourth-order valence-corrected chi connectivity index (χ4v) is 2.33. The van der Waals surface area contributed by atoms with Crippen molar-refractivity contribution >= 4 is 11.7 Å². The lowest BCUT2D eigenvalue weighted by Crippen LogP contribution is -2.36. The number of nitrogens with two attached hydrogens (primary N) is 1. The maximum Gasteiger partial charge on any atom is 0.280 e. The summed E-state index contributed by atoms with van der Waals surface area (Å²) in [5, 5.41) is 5.32. The highest BCUT2D eigenvalue weighted by Gasteiger charge is 2.22. The monoisotopic (exact) mass is 378 g/mol. The number of benzene rings is 1. The van der Waals surface area contributed by atoms with Gasteiger partial charge in [0.25, 0.3) is 12.3 Å². The highest BCUT2D eigenvalue weighted by molar-refractivity contribution is 6.21. The summed E-state index contributed by atoms with van der Waals surface area (Å²) in [7, 11) is 3.02. The summed E-state index contributed by atoms with van der Waals surface area (Å²) in [6, 6.07) is 5.17. The van der Waals surface area contributed by atoms with Gasteiger partial charge in [0.2, 0.25) is 0 Å². The van der Waals surface area contributed by atoms with E-state index in [4.69, 9.17) is 15.2 Å². The van der Waals surface area contributed by atoms with Crippen LogP contribution in [0.4, 0.5) is 8.78 Å². The van der Waals surface area contributed by atoms with Crippen LogP contribution in [0, 0.1) is 0 Å². The number of halogens is 2. The normalized spacial score (nSPS) is 14.3. The summed E-state index contributed by atoms with van der Waals surface area (Å²) in [6.45, 7) is 3.73. The largest absolute Gasteiger partial charge is 0.493 e. The third-order valence-corrected chi connectivity index (χ3v) is 3.63. The summed E-state index contributed by atoms with van der Waals surface area (Å²) in [5.74, 6) is 0.396. The van der Waals surface area contributed by atoms with Gasteiger partial charge in [0.1, 0.15) is 11.5 Å². The summed E-state index contributed by atoms with van der Waals surface area (Å²) in [4.78, 5) is 16.2. The number of methoxy groups -OCH3 is 2. The number of allylic oxidation sites excluding steroid dienone is 2. The molecule has 1 heterocycles. The van der Waals surface area contributed by atoms with E-state index in [0.717, 1.165) is 17.8 Å². The van der Waals surface area contributed by atoms with Gasteiger partial charge in [-0.25, -0.2) is 13.8 Å². The molecule has 9 heteroatoms. The van der Waals surface area contributed by atoms with E-state index >= 15 is 0 Å². The first-order valence-corrected chi connectivity index (χ1v) is 7.85. The van der Waals surface area contributed by atoms with Crippen LogP contribution in [0.5, 0.6) is 11.5 Å².